The van der Waals surface area contributed by atoms with Gasteiger partial charge in [-0.1, -0.05) is 12.1 Å². The minimum atomic E-state index is -0.308. The summed E-state index contributed by atoms with van der Waals surface area (Å²) in [6.07, 6.45) is 0. The van der Waals surface area contributed by atoms with E-state index in [1.807, 2.05) is 0 Å². The fourth-order valence-electron chi connectivity index (χ4n) is 1.19. The summed E-state index contributed by atoms with van der Waals surface area (Å²) in [5.41, 5.74) is 0.277. The lowest BCUT2D eigenvalue weighted by Crippen LogP contribution is -2.30. The second-order valence-electron chi connectivity index (χ2n) is 2.72. The van der Waals surface area contributed by atoms with Crippen molar-refractivity contribution < 1.29 is 1.37 Å². The SMILES string of the molecule is [2H]Cc1nc2ccccc2c(=O)n1N. The van der Waals surface area contributed by atoms with Crippen molar-refractivity contribution in [3.8, 4) is 0 Å². The van der Waals surface area contributed by atoms with Crippen LogP contribution in [0.4, 0.5) is 0 Å². The quantitative estimate of drug-likeness (QED) is 0.592. The second-order valence-corrected chi connectivity index (χ2v) is 2.72. The van der Waals surface area contributed by atoms with E-state index in [0.717, 1.165) is 4.68 Å². The average Bonchev–Trinajstić information content (AvgIpc) is 2.23. The Labute approximate surface area is 76.0 Å². The van der Waals surface area contributed by atoms with Crippen LogP contribution in [0.2, 0.25) is 0 Å². The third-order valence-electron chi connectivity index (χ3n) is 1.88. The standard InChI is InChI=1S/C9H9N3O/c1-6-11-8-5-3-2-4-7(8)9(13)12(6)10/h2-5H,10H2,1H3/i1D. The molecule has 0 bridgehead atoms. The van der Waals surface area contributed by atoms with Gasteiger partial charge >= 0.3 is 0 Å². The first-order chi connectivity index (χ1) is 6.74. The zero-order valence-electron chi connectivity index (χ0n) is 7.90. The van der Waals surface area contributed by atoms with Gasteiger partial charge in [0.25, 0.3) is 5.56 Å². The van der Waals surface area contributed by atoms with Crippen LogP contribution in [0.25, 0.3) is 10.9 Å². The summed E-state index contributed by atoms with van der Waals surface area (Å²) in [5, 5.41) is 0.479. The molecule has 0 amide bonds. The van der Waals surface area contributed by atoms with Crippen molar-refractivity contribution >= 4 is 10.9 Å². The van der Waals surface area contributed by atoms with Crippen LogP contribution in [-0.2, 0) is 0 Å². The zero-order valence-corrected chi connectivity index (χ0v) is 6.90. The molecule has 4 nitrogen and oxygen atoms in total. The Hall–Kier alpha value is -1.84. The van der Waals surface area contributed by atoms with Gasteiger partial charge < -0.3 is 5.84 Å². The summed E-state index contributed by atoms with van der Waals surface area (Å²) in [4.78, 5) is 15.7. The highest BCUT2D eigenvalue weighted by Crippen LogP contribution is 2.05. The van der Waals surface area contributed by atoms with Gasteiger partial charge in [-0.05, 0) is 19.0 Å². The Morgan fingerprint density at radius 3 is 3.08 bits per heavy atom. The molecule has 2 rings (SSSR count). The predicted octanol–water partition coefficient (Wildman–Crippen LogP) is 0.419. The smallest absolute Gasteiger partial charge is 0.279 e. The third-order valence-corrected chi connectivity index (χ3v) is 1.88. The lowest BCUT2D eigenvalue weighted by Gasteiger charge is -2.03. The first kappa shape index (κ1) is 6.65. The average molecular weight is 176 g/mol. The van der Waals surface area contributed by atoms with Crippen molar-refractivity contribution in [1.82, 2.24) is 9.66 Å². The Morgan fingerprint density at radius 2 is 2.31 bits per heavy atom. The highest BCUT2D eigenvalue weighted by atomic mass is 16.1. The molecule has 0 fully saturated rings. The molecule has 0 aliphatic rings. The van der Waals surface area contributed by atoms with E-state index in [2.05, 4.69) is 4.98 Å². The number of hydrogen-bond donors (Lipinski definition) is 1. The number of nitrogens with zero attached hydrogens (tertiary/aromatic N) is 2. The summed E-state index contributed by atoms with van der Waals surface area (Å²) in [7, 11) is 0. The van der Waals surface area contributed by atoms with Crippen LogP contribution in [0.15, 0.2) is 29.1 Å². The highest BCUT2D eigenvalue weighted by Gasteiger charge is 2.03. The van der Waals surface area contributed by atoms with E-state index in [0.29, 0.717) is 10.9 Å². The molecule has 0 unspecified atom stereocenters. The Morgan fingerprint density at radius 1 is 1.54 bits per heavy atom. The minimum absolute atomic E-state index is 0.101. The number of aryl methyl sites for hydroxylation is 1. The predicted molar refractivity (Wildman–Crippen MR) is 50.9 cm³/mol. The van der Waals surface area contributed by atoms with Crippen molar-refractivity contribution in [3.05, 3.63) is 40.4 Å². The maximum absolute atomic E-state index is 11.6. The second kappa shape index (κ2) is 2.58. The normalized spacial score (nSPS) is 11.5. The molecule has 13 heavy (non-hydrogen) atoms. The number of fused-ring (bicyclic) bond motifs is 1. The summed E-state index contributed by atoms with van der Waals surface area (Å²) in [6.45, 7) is -0.101. The first-order valence-corrected chi connectivity index (χ1v) is 3.79. The van der Waals surface area contributed by atoms with E-state index in [4.69, 9.17) is 7.21 Å². The molecular weight excluding hydrogens is 166 g/mol. The largest absolute Gasteiger partial charge is 0.335 e. The molecule has 0 spiro atoms. The molecule has 1 aromatic carbocycles. The van der Waals surface area contributed by atoms with Gasteiger partial charge in [0.15, 0.2) is 0 Å². The van der Waals surface area contributed by atoms with Crippen LogP contribution >= 0.6 is 0 Å². The summed E-state index contributed by atoms with van der Waals surface area (Å²) in [6, 6.07) is 6.95. The van der Waals surface area contributed by atoms with Crippen molar-refractivity contribution in [1.29, 1.82) is 0 Å². The van der Waals surface area contributed by atoms with Gasteiger partial charge in [-0.2, -0.15) is 0 Å². The number of aromatic nitrogens is 2. The molecule has 0 radical (unpaired) electrons. The molecular formula is C9H9N3O. The van der Waals surface area contributed by atoms with E-state index in [9.17, 15) is 4.79 Å². The summed E-state index contributed by atoms with van der Waals surface area (Å²) in [5.74, 6) is 5.75. The van der Waals surface area contributed by atoms with Crippen LogP contribution < -0.4 is 11.4 Å². The van der Waals surface area contributed by atoms with Gasteiger partial charge in [-0.3, -0.25) is 4.79 Å². The van der Waals surface area contributed by atoms with Crippen molar-refractivity contribution in [2.75, 3.05) is 5.84 Å². The Balaban J connectivity index is 2.92. The van der Waals surface area contributed by atoms with Crippen molar-refractivity contribution in [2.24, 2.45) is 0 Å². The molecule has 1 heterocycles. The van der Waals surface area contributed by atoms with Gasteiger partial charge in [0.2, 0.25) is 0 Å². The van der Waals surface area contributed by atoms with Gasteiger partial charge in [0.05, 0.1) is 10.9 Å². The van der Waals surface area contributed by atoms with Crippen molar-refractivity contribution in [3.63, 3.8) is 0 Å². The topological polar surface area (TPSA) is 60.9 Å². The monoisotopic (exact) mass is 176 g/mol. The molecule has 2 aromatic rings. The Bertz CT molecular complexity index is 535. The van der Waals surface area contributed by atoms with E-state index in [1.165, 1.54) is 0 Å². The van der Waals surface area contributed by atoms with Gasteiger partial charge in [-0.25, -0.2) is 9.66 Å². The van der Waals surface area contributed by atoms with Crippen LogP contribution in [0, 0.1) is 6.90 Å². The van der Waals surface area contributed by atoms with E-state index < -0.39 is 0 Å². The van der Waals surface area contributed by atoms with Gasteiger partial charge in [-0.15, -0.1) is 0 Å². The molecule has 4 heteroatoms. The Kier molecular flexibility index (Phi) is 1.32. The number of benzene rings is 1. The van der Waals surface area contributed by atoms with E-state index >= 15 is 0 Å². The molecule has 66 valence electrons. The lowest BCUT2D eigenvalue weighted by atomic mass is 10.2. The molecule has 0 aliphatic carbocycles. The maximum Gasteiger partial charge on any atom is 0.279 e. The van der Waals surface area contributed by atoms with E-state index in [-0.39, 0.29) is 18.3 Å². The fraction of sp³-hybridized carbons (Fsp3) is 0.111. The molecule has 0 saturated heterocycles. The molecule has 0 atom stereocenters. The number of nitrogen functional groups attached to an aromatic ring is 1. The third kappa shape index (κ3) is 1.07. The highest BCUT2D eigenvalue weighted by molar-refractivity contribution is 5.77. The lowest BCUT2D eigenvalue weighted by molar-refractivity contribution is 0.852. The van der Waals surface area contributed by atoms with Crippen molar-refractivity contribution in [2.45, 2.75) is 6.90 Å². The van der Waals surface area contributed by atoms with Crippen LogP contribution in [0.3, 0.4) is 0 Å². The first-order valence-electron chi connectivity index (χ1n) is 4.49. The number of para-hydroxylation sites is 1. The zero-order chi connectivity index (χ0) is 10.1. The maximum atomic E-state index is 11.6. The fourth-order valence-corrected chi connectivity index (χ4v) is 1.19. The van der Waals surface area contributed by atoms with Gasteiger partial charge in [0, 0.05) is 1.37 Å². The molecule has 0 saturated carbocycles. The minimum Gasteiger partial charge on any atom is -0.335 e. The number of hydrogen-bond acceptors (Lipinski definition) is 3. The van der Waals surface area contributed by atoms with Gasteiger partial charge in [0.1, 0.15) is 5.82 Å². The summed E-state index contributed by atoms with van der Waals surface area (Å²) < 4.78 is 8.08. The molecule has 2 N–H and O–H groups in total. The number of rotatable bonds is 0. The summed E-state index contributed by atoms with van der Waals surface area (Å²) >= 11 is 0. The molecule has 1 aromatic heterocycles. The van der Waals surface area contributed by atoms with E-state index in [1.54, 1.807) is 24.3 Å². The number of nitrogens with two attached hydrogens (primary N) is 1. The van der Waals surface area contributed by atoms with Crippen LogP contribution in [0.1, 0.15) is 7.20 Å². The molecule has 0 aliphatic heterocycles. The van der Waals surface area contributed by atoms with Crippen LogP contribution in [-0.4, -0.2) is 9.66 Å². The van der Waals surface area contributed by atoms with Crippen LogP contribution in [0.5, 0.6) is 0 Å².